The molecule has 0 radical (unpaired) electrons. The van der Waals surface area contributed by atoms with Crippen LogP contribution in [0.4, 0.5) is 21.6 Å². The second-order valence-electron chi connectivity index (χ2n) is 4.49. The Bertz CT molecular complexity index is 763. The van der Waals surface area contributed by atoms with Gasteiger partial charge in [0.25, 0.3) is 0 Å². The van der Waals surface area contributed by atoms with Crippen LogP contribution in [0.15, 0.2) is 60.9 Å². The maximum atomic E-state index is 12.9. The van der Waals surface area contributed by atoms with Gasteiger partial charge in [-0.05, 0) is 36.4 Å². The molecule has 0 fully saturated rings. The molecule has 1 heterocycles. The van der Waals surface area contributed by atoms with E-state index >= 15 is 0 Å². The molecule has 0 aliphatic heterocycles. The SMILES string of the molecule is Nc1c(Nc2ccc(F)cc2)ncnc1Oc1ccccc1. The molecule has 0 aliphatic rings. The van der Waals surface area contributed by atoms with Crippen molar-refractivity contribution in [2.75, 3.05) is 11.1 Å². The second kappa shape index (κ2) is 6.09. The van der Waals surface area contributed by atoms with E-state index in [0.29, 0.717) is 17.3 Å². The van der Waals surface area contributed by atoms with E-state index in [1.165, 1.54) is 18.5 Å². The zero-order valence-corrected chi connectivity index (χ0v) is 11.5. The molecule has 0 saturated carbocycles. The van der Waals surface area contributed by atoms with Crippen molar-refractivity contribution in [3.8, 4) is 11.6 Å². The topological polar surface area (TPSA) is 73.1 Å². The number of hydrogen-bond acceptors (Lipinski definition) is 5. The van der Waals surface area contributed by atoms with Crippen LogP contribution in [0.1, 0.15) is 0 Å². The molecule has 0 unspecified atom stereocenters. The number of rotatable bonds is 4. The maximum absolute atomic E-state index is 12.9. The van der Waals surface area contributed by atoms with Crippen molar-refractivity contribution < 1.29 is 9.13 Å². The molecule has 6 heteroatoms. The number of benzene rings is 2. The van der Waals surface area contributed by atoms with Crippen molar-refractivity contribution in [1.82, 2.24) is 9.97 Å². The predicted octanol–water partition coefficient (Wildman–Crippen LogP) is 3.73. The minimum Gasteiger partial charge on any atom is -0.437 e. The summed E-state index contributed by atoms with van der Waals surface area (Å²) in [7, 11) is 0. The summed E-state index contributed by atoms with van der Waals surface area (Å²) < 4.78 is 18.5. The number of hydrogen-bond donors (Lipinski definition) is 2. The molecule has 22 heavy (non-hydrogen) atoms. The molecule has 2 aromatic carbocycles. The van der Waals surface area contributed by atoms with E-state index in [4.69, 9.17) is 10.5 Å². The van der Waals surface area contributed by atoms with Gasteiger partial charge in [-0.15, -0.1) is 0 Å². The van der Waals surface area contributed by atoms with E-state index in [0.717, 1.165) is 0 Å². The minimum absolute atomic E-state index is 0.255. The van der Waals surface area contributed by atoms with Gasteiger partial charge in [0.1, 0.15) is 23.6 Å². The number of nitrogens with zero attached hydrogens (tertiary/aromatic N) is 2. The lowest BCUT2D eigenvalue weighted by molar-refractivity contribution is 0.464. The third-order valence-corrected chi connectivity index (χ3v) is 2.91. The molecule has 3 N–H and O–H groups in total. The van der Waals surface area contributed by atoms with Crippen LogP contribution in [0.25, 0.3) is 0 Å². The van der Waals surface area contributed by atoms with E-state index in [-0.39, 0.29) is 17.4 Å². The van der Waals surface area contributed by atoms with Crippen molar-refractivity contribution in [3.05, 3.63) is 66.7 Å². The highest BCUT2D eigenvalue weighted by Crippen LogP contribution is 2.30. The third kappa shape index (κ3) is 3.12. The Kier molecular flexibility index (Phi) is 3.82. The fourth-order valence-corrected chi connectivity index (χ4v) is 1.83. The van der Waals surface area contributed by atoms with Crippen LogP contribution < -0.4 is 15.8 Å². The van der Waals surface area contributed by atoms with E-state index in [1.54, 1.807) is 24.3 Å². The Morgan fingerprint density at radius 1 is 0.955 bits per heavy atom. The normalized spacial score (nSPS) is 10.2. The van der Waals surface area contributed by atoms with Gasteiger partial charge in [-0.1, -0.05) is 18.2 Å². The van der Waals surface area contributed by atoms with Crippen LogP contribution >= 0.6 is 0 Å². The minimum atomic E-state index is -0.311. The van der Waals surface area contributed by atoms with Gasteiger partial charge in [0.15, 0.2) is 5.82 Å². The quantitative estimate of drug-likeness (QED) is 0.767. The average Bonchev–Trinajstić information content (AvgIpc) is 2.54. The molecule has 0 aliphatic carbocycles. The van der Waals surface area contributed by atoms with Gasteiger partial charge in [0.05, 0.1) is 0 Å². The van der Waals surface area contributed by atoms with Gasteiger partial charge < -0.3 is 15.8 Å². The Morgan fingerprint density at radius 3 is 2.41 bits per heavy atom. The van der Waals surface area contributed by atoms with Crippen molar-refractivity contribution in [3.63, 3.8) is 0 Å². The number of nitrogens with two attached hydrogens (primary N) is 1. The molecule has 0 bridgehead atoms. The number of para-hydroxylation sites is 1. The lowest BCUT2D eigenvalue weighted by atomic mass is 10.3. The highest BCUT2D eigenvalue weighted by Gasteiger charge is 2.10. The second-order valence-corrected chi connectivity index (χ2v) is 4.49. The lowest BCUT2D eigenvalue weighted by Gasteiger charge is -2.11. The smallest absolute Gasteiger partial charge is 0.248 e. The first-order valence-corrected chi connectivity index (χ1v) is 6.58. The molecule has 1 aromatic heterocycles. The van der Waals surface area contributed by atoms with Crippen molar-refractivity contribution in [2.45, 2.75) is 0 Å². The fraction of sp³-hybridized carbons (Fsp3) is 0. The summed E-state index contributed by atoms with van der Waals surface area (Å²) in [5.41, 5.74) is 6.96. The Hall–Kier alpha value is -3.15. The van der Waals surface area contributed by atoms with E-state index in [1.807, 2.05) is 18.2 Å². The van der Waals surface area contributed by atoms with Gasteiger partial charge >= 0.3 is 0 Å². The van der Waals surface area contributed by atoms with Gasteiger partial charge in [-0.3, -0.25) is 0 Å². The first kappa shape index (κ1) is 13.8. The largest absolute Gasteiger partial charge is 0.437 e. The van der Waals surface area contributed by atoms with E-state index in [9.17, 15) is 4.39 Å². The molecule has 0 spiro atoms. The molecule has 3 aromatic rings. The Labute approximate surface area is 126 Å². The maximum Gasteiger partial charge on any atom is 0.248 e. The molecule has 0 atom stereocenters. The molecule has 0 saturated heterocycles. The summed E-state index contributed by atoms with van der Waals surface area (Å²) in [5, 5.41) is 3.00. The average molecular weight is 296 g/mol. The van der Waals surface area contributed by atoms with Gasteiger partial charge in [-0.25, -0.2) is 9.37 Å². The van der Waals surface area contributed by atoms with Crippen molar-refractivity contribution >= 4 is 17.2 Å². The number of nitrogen functional groups attached to an aromatic ring is 1. The summed E-state index contributed by atoms with van der Waals surface area (Å²) in [4.78, 5) is 8.11. The summed E-state index contributed by atoms with van der Waals surface area (Å²) in [6.07, 6.45) is 1.35. The fourth-order valence-electron chi connectivity index (χ4n) is 1.83. The van der Waals surface area contributed by atoms with Gasteiger partial charge in [0.2, 0.25) is 5.88 Å². The van der Waals surface area contributed by atoms with E-state index in [2.05, 4.69) is 15.3 Å². The number of ether oxygens (including phenoxy) is 1. The number of nitrogens with one attached hydrogen (secondary N) is 1. The molecule has 5 nitrogen and oxygen atoms in total. The molecule has 110 valence electrons. The summed E-state index contributed by atoms with van der Waals surface area (Å²) in [6.45, 7) is 0. The highest BCUT2D eigenvalue weighted by molar-refractivity contribution is 5.72. The monoisotopic (exact) mass is 296 g/mol. The first-order valence-electron chi connectivity index (χ1n) is 6.58. The van der Waals surface area contributed by atoms with Crippen LogP contribution in [0.2, 0.25) is 0 Å². The molecular weight excluding hydrogens is 283 g/mol. The van der Waals surface area contributed by atoms with E-state index < -0.39 is 0 Å². The summed E-state index contributed by atoms with van der Waals surface area (Å²) in [5.74, 6) is 0.966. The Morgan fingerprint density at radius 2 is 1.68 bits per heavy atom. The zero-order chi connectivity index (χ0) is 15.4. The first-order chi connectivity index (χ1) is 10.7. The molecule has 0 amide bonds. The van der Waals surface area contributed by atoms with Gasteiger partial charge in [-0.2, -0.15) is 4.98 Å². The van der Waals surface area contributed by atoms with Crippen molar-refractivity contribution in [2.24, 2.45) is 0 Å². The van der Waals surface area contributed by atoms with Crippen LogP contribution in [0.5, 0.6) is 11.6 Å². The van der Waals surface area contributed by atoms with Gasteiger partial charge in [0, 0.05) is 5.69 Å². The van der Waals surface area contributed by atoms with Crippen LogP contribution in [-0.2, 0) is 0 Å². The van der Waals surface area contributed by atoms with Crippen LogP contribution in [0.3, 0.4) is 0 Å². The van der Waals surface area contributed by atoms with Crippen molar-refractivity contribution in [1.29, 1.82) is 0 Å². The van der Waals surface area contributed by atoms with Crippen LogP contribution in [0, 0.1) is 5.82 Å². The predicted molar refractivity (Wildman–Crippen MR) is 82.6 cm³/mol. The van der Waals surface area contributed by atoms with Crippen LogP contribution in [-0.4, -0.2) is 9.97 Å². The number of aromatic nitrogens is 2. The molecular formula is C16H13FN4O. The highest BCUT2D eigenvalue weighted by atomic mass is 19.1. The number of anilines is 3. The standard InChI is InChI=1S/C16H13FN4O/c17-11-6-8-12(9-7-11)21-15-14(18)16(20-10-19-15)22-13-4-2-1-3-5-13/h1-10H,18H2,(H,19,20,21). The summed E-state index contributed by atoms with van der Waals surface area (Å²) in [6, 6.07) is 15.1. The Balaban J connectivity index is 1.84. The summed E-state index contributed by atoms with van der Waals surface area (Å²) >= 11 is 0. The lowest BCUT2D eigenvalue weighted by Crippen LogP contribution is -2.03. The molecule has 3 rings (SSSR count). The number of halogens is 1. The third-order valence-electron chi connectivity index (χ3n) is 2.91. The zero-order valence-electron chi connectivity index (χ0n) is 11.5.